The summed E-state index contributed by atoms with van der Waals surface area (Å²) in [6.07, 6.45) is 3.23. The molecule has 0 radical (unpaired) electrons. The maximum atomic E-state index is 11.7. The number of carbonyl (C=O) groups excluding carboxylic acids is 2. The minimum atomic E-state index is -0.419. The molecule has 3 aromatic rings. The number of carbonyl (C=O) groups is 2. The van der Waals surface area contributed by atoms with Crippen LogP contribution in [0.15, 0.2) is 41.6 Å². The van der Waals surface area contributed by atoms with Gasteiger partial charge in [-0.15, -0.1) is 0 Å². The highest BCUT2D eigenvalue weighted by Gasteiger charge is 2.25. The van der Waals surface area contributed by atoms with E-state index in [1.807, 2.05) is 18.2 Å². The molecular weight excluding hydrogens is 368 g/mol. The molecule has 1 aliphatic heterocycles. The Morgan fingerprint density at radius 1 is 1.11 bits per heavy atom. The average molecular weight is 382 g/mol. The van der Waals surface area contributed by atoms with E-state index in [0.717, 1.165) is 17.4 Å². The summed E-state index contributed by atoms with van der Waals surface area (Å²) < 4.78 is 12.4. The Bertz CT molecular complexity index is 1080. The fraction of sp³-hybridized carbons (Fsp3) is 0.111. The van der Waals surface area contributed by atoms with Gasteiger partial charge in [-0.2, -0.15) is 0 Å². The summed E-state index contributed by atoms with van der Waals surface area (Å²) in [6, 6.07) is 9.01. The fourth-order valence-electron chi connectivity index (χ4n) is 2.66. The number of amides is 2. The minimum absolute atomic E-state index is 0.306. The number of hydrogen-bond donors (Lipinski definition) is 1. The van der Waals surface area contributed by atoms with E-state index >= 15 is 0 Å². The monoisotopic (exact) mass is 382 g/mol. The van der Waals surface area contributed by atoms with Crippen LogP contribution in [-0.2, 0) is 4.79 Å². The van der Waals surface area contributed by atoms with E-state index in [2.05, 4.69) is 15.3 Å². The van der Waals surface area contributed by atoms with Crippen LogP contribution in [0, 0.1) is 0 Å². The Hall–Kier alpha value is -3.33. The molecule has 136 valence electrons. The van der Waals surface area contributed by atoms with Crippen molar-refractivity contribution in [2.75, 3.05) is 14.2 Å². The minimum Gasteiger partial charge on any atom is -0.497 e. The highest BCUT2D eigenvalue weighted by atomic mass is 32.2. The standard InChI is InChI=1S/C18H14N4O4S/c1-25-12-6-11(7-13(8-12)26-2)22-9-19-14-4-3-10(20-16(14)22)5-15-17(23)21-18(24)27-15/h3-9H,1-2H3,(H,21,23,24)/b15-5-. The lowest BCUT2D eigenvalue weighted by atomic mass is 10.2. The molecule has 2 aromatic heterocycles. The van der Waals surface area contributed by atoms with Crippen molar-refractivity contribution in [1.29, 1.82) is 0 Å². The van der Waals surface area contributed by atoms with E-state index in [1.54, 1.807) is 43.3 Å². The maximum Gasteiger partial charge on any atom is 0.290 e. The maximum absolute atomic E-state index is 11.7. The number of imidazole rings is 1. The lowest BCUT2D eigenvalue weighted by Gasteiger charge is -2.09. The number of thioether (sulfide) groups is 1. The van der Waals surface area contributed by atoms with E-state index in [4.69, 9.17) is 9.47 Å². The Morgan fingerprint density at radius 3 is 2.48 bits per heavy atom. The van der Waals surface area contributed by atoms with Gasteiger partial charge >= 0.3 is 0 Å². The lowest BCUT2D eigenvalue weighted by molar-refractivity contribution is -0.115. The molecule has 0 spiro atoms. The number of hydrogen-bond acceptors (Lipinski definition) is 7. The third-order valence-corrected chi connectivity index (χ3v) is 4.76. The molecule has 0 atom stereocenters. The molecule has 9 heteroatoms. The Morgan fingerprint density at radius 2 is 1.85 bits per heavy atom. The number of methoxy groups -OCH3 is 2. The Kier molecular flexibility index (Phi) is 4.28. The SMILES string of the molecule is COc1cc(OC)cc(-n2cnc3ccc(/C=C4\SC(=O)NC4=O)nc32)c1. The number of aromatic nitrogens is 3. The van der Waals surface area contributed by atoms with Crippen LogP contribution in [0.2, 0.25) is 0 Å². The number of nitrogens with zero attached hydrogens (tertiary/aromatic N) is 3. The summed E-state index contributed by atoms with van der Waals surface area (Å²) in [5.74, 6) is 0.863. The molecule has 2 amide bonds. The molecule has 1 saturated heterocycles. The van der Waals surface area contributed by atoms with Gasteiger partial charge in [-0.25, -0.2) is 9.97 Å². The van der Waals surface area contributed by atoms with Crippen molar-refractivity contribution >= 4 is 40.1 Å². The number of nitrogens with one attached hydrogen (secondary N) is 1. The Balaban J connectivity index is 1.81. The third-order valence-electron chi connectivity index (χ3n) is 3.95. The first kappa shape index (κ1) is 17.1. The zero-order valence-electron chi connectivity index (χ0n) is 14.4. The molecule has 1 aliphatic rings. The van der Waals surface area contributed by atoms with Crippen LogP contribution in [0.25, 0.3) is 22.9 Å². The van der Waals surface area contributed by atoms with Gasteiger partial charge in [0.1, 0.15) is 23.3 Å². The van der Waals surface area contributed by atoms with Crippen LogP contribution in [0.4, 0.5) is 4.79 Å². The van der Waals surface area contributed by atoms with E-state index < -0.39 is 5.91 Å². The first-order valence-corrected chi connectivity index (χ1v) is 8.71. The van der Waals surface area contributed by atoms with Crippen LogP contribution in [-0.4, -0.2) is 39.9 Å². The van der Waals surface area contributed by atoms with Gasteiger partial charge in [-0.1, -0.05) is 0 Å². The number of fused-ring (bicyclic) bond motifs is 1. The van der Waals surface area contributed by atoms with E-state index in [0.29, 0.717) is 33.3 Å². The van der Waals surface area contributed by atoms with Crippen LogP contribution in [0.5, 0.6) is 11.5 Å². The molecule has 8 nitrogen and oxygen atoms in total. The highest BCUT2D eigenvalue weighted by molar-refractivity contribution is 8.18. The van der Waals surface area contributed by atoms with Crippen LogP contribution < -0.4 is 14.8 Å². The lowest BCUT2D eigenvalue weighted by Crippen LogP contribution is -2.17. The zero-order valence-corrected chi connectivity index (χ0v) is 15.2. The van der Waals surface area contributed by atoms with Gasteiger partial charge in [0, 0.05) is 18.2 Å². The number of rotatable bonds is 4. The van der Waals surface area contributed by atoms with E-state index in [-0.39, 0.29) is 5.24 Å². The van der Waals surface area contributed by atoms with Crippen molar-refractivity contribution in [3.05, 3.63) is 47.3 Å². The topological polar surface area (TPSA) is 95.3 Å². The molecule has 27 heavy (non-hydrogen) atoms. The number of ether oxygens (including phenoxy) is 2. The zero-order chi connectivity index (χ0) is 19.0. The summed E-state index contributed by atoms with van der Waals surface area (Å²) in [6.45, 7) is 0. The van der Waals surface area contributed by atoms with Crippen molar-refractivity contribution in [3.8, 4) is 17.2 Å². The van der Waals surface area contributed by atoms with Gasteiger partial charge in [-0.3, -0.25) is 19.5 Å². The number of imide groups is 1. The summed E-state index contributed by atoms with van der Waals surface area (Å²) in [7, 11) is 3.16. The number of pyridine rings is 1. The molecule has 1 N–H and O–H groups in total. The first-order valence-electron chi connectivity index (χ1n) is 7.90. The van der Waals surface area contributed by atoms with Crippen LogP contribution in [0.3, 0.4) is 0 Å². The van der Waals surface area contributed by atoms with Gasteiger partial charge in [0.15, 0.2) is 5.65 Å². The summed E-state index contributed by atoms with van der Waals surface area (Å²) in [5, 5.41) is 1.84. The molecule has 3 heterocycles. The molecular formula is C18H14N4O4S. The van der Waals surface area contributed by atoms with Gasteiger partial charge in [0.2, 0.25) is 0 Å². The van der Waals surface area contributed by atoms with E-state index in [9.17, 15) is 9.59 Å². The molecule has 0 unspecified atom stereocenters. The highest BCUT2D eigenvalue weighted by Crippen LogP contribution is 2.28. The predicted octanol–water partition coefficient (Wildman–Crippen LogP) is 2.76. The summed E-state index contributed by atoms with van der Waals surface area (Å²) in [5.41, 5.74) is 2.62. The largest absolute Gasteiger partial charge is 0.497 e. The number of benzene rings is 1. The summed E-state index contributed by atoms with van der Waals surface area (Å²) in [4.78, 5) is 32.3. The predicted molar refractivity (Wildman–Crippen MR) is 101 cm³/mol. The third kappa shape index (κ3) is 3.24. The molecule has 4 rings (SSSR count). The van der Waals surface area contributed by atoms with Gasteiger partial charge in [0.05, 0.1) is 30.5 Å². The summed E-state index contributed by atoms with van der Waals surface area (Å²) >= 11 is 0.852. The van der Waals surface area contributed by atoms with E-state index in [1.165, 1.54) is 0 Å². The molecule has 0 aliphatic carbocycles. The normalized spacial score (nSPS) is 15.4. The van der Waals surface area contributed by atoms with Crippen molar-refractivity contribution < 1.29 is 19.1 Å². The average Bonchev–Trinajstić information content (AvgIpc) is 3.23. The molecule has 1 fully saturated rings. The van der Waals surface area contributed by atoms with Crippen molar-refractivity contribution in [2.24, 2.45) is 0 Å². The van der Waals surface area contributed by atoms with Gasteiger partial charge in [-0.05, 0) is 30.0 Å². The molecule has 0 saturated carbocycles. The molecule has 0 bridgehead atoms. The second-order valence-electron chi connectivity index (χ2n) is 5.62. The molecule has 1 aromatic carbocycles. The fourth-order valence-corrected chi connectivity index (χ4v) is 3.33. The van der Waals surface area contributed by atoms with Crippen LogP contribution in [0.1, 0.15) is 5.69 Å². The van der Waals surface area contributed by atoms with Crippen molar-refractivity contribution in [1.82, 2.24) is 19.9 Å². The first-order chi connectivity index (χ1) is 13.1. The van der Waals surface area contributed by atoms with Gasteiger partial charge in [0.25, 0.3) is 11.1 Å². The Labute approximate surface area is 158 Å². The smallest absolute Gasteiger partial charge is 0.290 e. The van der Waals surface area contributed by atoms with Gasteiger partial charge < -0.3 is 9.47 Å². The van der Waals surface area contributed by atoms with Crippen LogP contribution >= 0.6 is 11.8 Å². The quantitative estimate of drug-likeness (QED) is 0.693. The van der Waals surface area contributed by atoms with Crippen molar-refractivity contribution in [3.63, 3.8) is 0 Å². The van der Waals surface area contributed by atoms with Crippen molar-refractivity contribution in [2.45, 2.75) is 0 Å². The second kappa shape index (κ2) is 6.76. The second-order valence-corrected chi connectivity index (χ2v) is 6.63.